The largest absolute Gasteiger partial charge is 0.345 e. The molecule has 0 fully saturated rings. The van der Waals surface area contributed by atoms with Gasteiger partial charge in [-0.3, -0.25) is 14.6 Å². The number of pyridine rings is 1. The number of carbonyl (C=O) groups is 2. The minimum atomic E-state index is -0.431. The maximum Gasteiger partial charge on any atom is 0.257 e. The van der Waals surface area contributed by atoms with Gasteiger partial charge in [-0.25, -0.2) is 4.39 Å². The van der Waals surface area contributed by atoms with E-state index < -0.39 is 5.91 Å². The summed E-state index contributed by atoms with van der Waals surface area (Å²) in [7, 11) is 0. The van der Waals surface area contributed by atoms with E-state index in [4.69, 9.17) is 0 Å². The molecule has 27 heavy (non-hydrogen) atoms. The minimum Gasteiger partial charge on any atom is -0.345 e. The monoisotopic (exact) mass is 363 g/mol. The van der Waals surface area contributed by atoms with Gasteiger partial charge in [-0.1, -0.05) is 30.3 Å². The van der Waals surface area contributed by atoms with Crippen LogP contribution in [0.25, 0.3) is 0 Å². The van der Waals surface area contributed by atoms with Gasteiger partial charge in [0.05, 0.1) is 17.2 Å². The van der Waals surface area contributed by atoms with Crippen LogP contribution < -0.4 is 10.6 Å². The molecule has 1 heterocycles. The molecule has 0 spiro atoms. The van der Waals surface area contributed by atoms with Gasteiger partial charge in [0.1, 0.15) is 5.82 Å². The Kier molecular flexibility index (Phi) is 5.56. The van der Waals surface area contributed by atoms with Gasteiger partial charge in [0.2, 0.25) is 0 Å². The quantitative estimate of drug-likeness (QED) is 0.721. The van der Waals surface area contributed by atoms with Gasteiger partial charge in [-0.15, -0.1) is 0 Å². The molecule has 0 radical (unpaired) electrons. The van der Waals surface area contributed by atoms with Crippen molar-refractivity contribution in [2.45, 2.75) is 13.0 Å². The van der Waals surface area contributed by atoms with Crippen molar-refractivity contribution in [2.75, 3.05) is 5.32 Å². The number of anilines is 1. The van der Waals surface area contributed by atoms with Crippen molar-refractivity contribution in [1.29, 1.82) is 0 Å². The number of aromatic nitrogens is 1. The summed E-state index contributed by atoms with van der Waals surface area (Å²) in [6.07, 6.45) is 2.78. The molecule has 1 aromatic heterocycles. The number of hydrogen-bond acceptors (Lipinski definition) is 3. The van der Waals surface area contributed by atoms with E-state index in [1.807, 2.05) is 37.3 Å². The van der Waals surface area contributed by atoms with E-state index in [2.05, 4.69) is 15.6 Å². The van der Waals surface area contributed by atoms with Crippen LogP contribution in [0.1, 0.15) is 39.2 Å². The van der Waals surface area contributed by atoms with Gasteiger partial charge >= 0.3 is 0 Å². The van der Waals surface area contributed by atoms with Crippen molar-refractivity contribution < 1.29 is 14.0 Å². The molecule has 2 amide bonds. The first kappa shape index (κ1) is 18.3. The third-order valence-corrected chi connectivity index (χ3v) is 4.01. The van der Waals surface area contributed by atoms with E-state index in [9.17, 15) is 14.0 Å². The molecule has 2 N–H and O–H groups in total. The summed E-state index contributed by atoms with van der Waals surface area (Å²) in [5.74, 6) is -1.14. The van der Waals surface area contributed by atoms with Crippen molar-refractivity contribution in [3.05, 3.63) is 95.6 Å². The number of carbonyl (C=O) groups excluding carboxylic acids is 2. The number of halogens is 1. The Morgan fingerprint density at radius 1 is 0.926 bits per heavy atom. The molecule has 0 saturated heterocycles. The number of hydrogen-bond donors (Lipinski definition) is 2. The Bertz CT molecular complexity index is 943. The normalized spacial score (nSPS) is 11.5. The average Bonchev–Trinajstić information content (AvgIpc) is 2.70. The van der Waals surface area contributed by atoms with Crippen LogP contribution >= 0.6 is 0 Å². The zero-order valence-electron chi connectivity index (χ0n) is 14.6. The van der Waals surface area contributed by atoms with Gasteiger partial charge in [-0.2, -0.15) is 0 Å². The molecule has 6 heteroatoms. The minimum absolute atomic E-state index is 0.185. The Labute approximate surface area is 156 Å². The molecule has 2 aromatic carbocycles. The standard InChI is InChI=1S/C21H18FN3O2/c1-14(15-5-3-2-4-6-15)24-20(26)16-11-17(13-23-12-16)21(27)25-19-9-7-18(22)8-10-19/h2-14H,1H3,(H,24,26)(H,25,27). The molecule has 136 valence electrons. The molecule has 0 aliphatic heterocycles. The van der Waals surface area contributed by atoms with Crippen molar-refractivity contribution in [3.8, 4) is 0 Å². The van der Waals surface area contributed by atoms with E-state index in [0.717, 1.165) is 5.56 Å². The Balaban J connectivity index is 1.69. The average molecular weight is 363 g/mol. The van der Waals surface area contributed by atoms with Crippen molar-refractivity contribution in [2.24, 2.45) is 0 Å². The van der Waals surface area contributed by atoms with Crippen LogP contribution in [0.2, 0.25) is 0 Å². The summed E-state index contributed by atoms with van der Waals surface area (Å²) in [4.78, 5) is 28.8. The number of benzene rings is 2. The molecule has 5 nitrogen and oxygen atoms in total. The fourth-order valence-corrected chi connectivity index (χ4v) is 2.53. The number of nitrogens with one attached hydrogen (secondary N) is 2. The summed E-state index contributed by atoms with van der Waals surface area (Å²) in [5, 5.41) is 5.52. The predicted molar refractivity (Wildman–Crippen MR) is 101 cm³/mol. The maximum atomic E-state index is 12.9. The van der Waals surface area contributed by atoms with Crippen LogP contribution in [-0.4, -0.2) is 16.8 Å². The Hall–Kier alpha value is -3.54. The van der Waals surface area contributed by atoms with Crippen LogP contribution in [0.15, 0.2) is 73.1 Å². The first-order valence-corrected chi connectivity index (χ1v) is 8.41. The second-order valence-corrected chi connectivity index (χ2v) is 6.03. The van der Waals surface area contributed by atoms with Crippen LogP contribution in [-0.2, 0) is 0 Å². The highest BCUT2D eigenvalue weighted by molar-refractivity contribution is 6.05. The van der Waals surface area contributed by atoms with E-state index in [-0.39, 0.29) is 28.9 Å². The predicted octanol–water partition coefficient (Wildman–Crippen LogP) is 3.96. The van der Waals surface area contributed by atoms with Gasteiger partial charge < -0.3 is 10.6 Å². The van der Waals surface area contributed by atoms with E-state index in [1.165, 1.54) is 42.7 Å². The zero-order chi connectivity index (χ0) is 19.2. The summed E-state index contributed by atoms with van der Waals surface area (Å²) < 4.78 is 12.9. The summed E-state index contributed by atoms with van der Waals surface area (Å²) in [6, 6.07) is 16.3. The van der Waals surface area contributed by atoms with E-state index in [0.29, 0.717) is 5.69 Å². The molecule has 0 aliphatic rings. The Morgan fingerprint density at radius 3 is 2.22 bits per heavy atom. The van der Waals surface area contributed by atoms with Crippen LogP contribution in [0.3, 0.4) is 0 Å². The maximum absolute atomic E-state index is 12.9. The lowest BCUT2D eigenvalue weighted by Gasteiger charge is -2.14. The van der Waals surface area contributed by atoms with Crippen molar-refractivity contribution in [3.63, 3.8) is 0 Å². The van der Waals surface area contributed by atoms with Gasteiger partial charge in [0, 0.05) is 18.1 Å². The first-order chi connectivity index (χ1) is 13.0. The van der Waals surface area contributed by atoms with E-state index >= 15 is 0 Å². The van der Waals surface area contributed by atoms with Crippen molar-refractivity contribution in [1.82, 2.24) is 10.3 Å². The lowest BCUT2D eigenvalue weighted by atomic mass is 10.1. The molecule has 3 rings (SSSR count). The molecule has 0 bridgehead atoms. The highest BCUT2D eigenvalue weighted by atomic mass is 19.1. The van der Waals surface area contributed by atoms with Crippen molar-refractivity contribution >= 4 is 17.5 Å². The lowest BCUT2D eigenvalue weighted by Crippen LogP contribution is -2.27. The topological polar surface area (TPSA) is 71.1 Å². The number of amides is 2. The lowest BCUT2D eigenvalue weighted by molar-refractivity contribution is 0.0939. The van der Waals surface area contributed by atoms with Crippen LogP contribution in [0.5, 0.6) is 0 Å². The molecule has 1 atom stereocenters. The second kappa shape index (κ2) is 8.23. The van der Waals surface area contributed by atoms with Gasteiger partial charge in [0.25, 0.3) is 11.8 Å². The third-order valence-electron chi connectivity index (χ3n) is 4.01. The first-order valence-electron chi connectivity index (χ1n) is 8.41. The number of nitrogens with zero attached hydrogens (tertiary/aromatic N) is 1. The van der Waals surface area contributed by atoms with Gasteiger partial charge in [0.15, 0.2) is 0 Å². The molecular weight excluding hydrogens is 345 g/mol. The number of rotatable bonds is 5. The molecular formula is C21H18FN3O2. The van der Waals surface area contributed by atoms with Crippen LogP contribution in [0.4, 0.5) is 10.1 Å². The summed E-state index contributed by atoms with van der Waals surface area (Å²) in [5.41, 5.74) is 1.95. The molecule has 3 aromatic rings. The fraction of sp³-hybridized carbons (Fsp3) is 0.0952. The molecule has 0 saturated carbocycles. The van der Waals surface area contributed by atoms with E-state index in [1.54, 1.807) is 0 Å². The summed E-state index contributed by atoms with van der Waals surface area (Å²) in [6.45, 7) is 1.88. The molecule has 1 unspecified atom stereocenters. The zero-order valence-corrected chi connectivity index (χ0v) is 14.6. The molecule has 0 aliphatic carbocycles. The highest BCUT2D eigenvalue weighted by Gasteiger charge is 2.14. The highest BCUT2D eigenvalue weighted by Crippen LogP contribution is 2.14. The second-order valence-electron chi connectivity index (χ2n) is 6.03. The SMILES string of the molecule is CC(NC(=O)c1cncc(C(=O)Nc2ccc(F)cc2)c1)c1ccccc1. The van der Waals surface area contributed by atoms with Crippen LogP contribution in [0, 0.1) is 5.82 Å². The van der Waals surface area contributed by atoms with Gasteiger partial charge in [-0.05, 0) is 42.8 Å². The fourth-order valence-electron chi connectivity index (χ4n) is 2.53. The third kappa shape index (κ3) is 4.76. The summed E-state index contributed by atoms with van der Waals surface area (Å²) >= 11 is 0. The Morgan fingerprint density at radius 2 is 1.56 bits per heavy atom. The smallest absolute Gasteiger partial charge is 0.257 e.